The Hall–Kier alpha value is 0.310. The van der Waals surface area contributed by atoms with Gasteiger partial charge in [0.15, 0.2) is 0 Å². The van der Waals surface area contributed by atoms with Crippen LogP contribution in [0.15, 0.2) is 0 Å². The number of nitrogens with one attached hydrogen (secondary N) is 1. The quantitative estimate of drug-likeness (QED) is 0.552. The lowest BCUT2D eigenvalue weighted by molar-refractivity contribution is 0.593. The summed E-state index contributed by atoms with van der Waals surface area (Å²) in [5.41, 5.74) is 0. The van der Waals surface area contributed by atoms with E-state index in [4.69, 9.17) is 0 Å². The fourth-order valence-electron chi connectivity index (χ4n) is 1.87. The molecule has 0 amide bonds. The van der Waals surface area contributed by atoms with Crippen molar-refractivity contribution in [3.05, 3.63) is 0 Å². The highest BCUT2D eigenvalue weighted by atomic mass is 32.2. The third kappa shape index (κ3) is 0.987. The third-order valence-electron chi connectivity index (χ3n) is 2.44. The zero-order valence-corrected chi connectivity index (χ0v) is 6.47. The van der Waals surface area contributed by atoms with Gasteiger partial charge in [-0.3, -0.25) is 0 Å². The van der Waals surface area contributed by atoms with Gasteiger partial charge in [0.2, 0.25) is 0 Å². The lowest BCUT2D eigenvalue weighted by atomic mass is 10.1. The molecule has 1 heterocycles. The second-order valence-corrected chi connectivity index (χ2v) is 4.55. The Bertz CT molecular complexity index is 84.0. The fourth-order valence-corrected chi connectivity index (χ4v) is 3.17. The van der Waals surface area contributed by atoms with Gasteiger partial charge in [0.1, 0.15) is 0 Å². The van der Waals surface area contributed by atoms with Crippen LogP contribution in [0, 0.1) is 0 Å². The summed E-state index contributed by atoms with van der Waals surface area (Å²) in [5, 5.41) is 3.42. The summed E-state index contributed by atoms with van der Waals surface area (Å²) >= 11 is 2.14. The molecule has 1 saturated heterocycles. The van der Waals surface area contributed by atoms with Crippen molar-refractivity contribution in [2.24, 2.45) is 0 Å². The summed E-state index contributed by atoms with van der Waals surface area (Å²) in [6.07, 6.45) is 5.86. The molecule has 0 aromatic heterocycles. The second-order valence-electron chi connectivity index (χ2n) is 3.11. The van der Waals surface area contributed by atoms with Crippen LogP contribution in [-0.4, -0.2) is 17.2 Å². The average molecular weight is 143 g/mol. The van der Waals surface area contributed by atoms with E-state index in [1.807, 2.05) is 0 Å². The summed E-state index contributed by atoms with van der Waals surface area (Å²) in [4.78, 5) is 0. The Labute approximate surface area is 60.6 Å². The van der Waals surface area contributed by atoms with Crippen molar-refractivity contribution in [2.45, 2.75) is 30.4 Å². The van der Waals surface area contributed by atoms with Gasteiger partial charge in [0.05, 0.1) is 0 Å². The highest BCUT2D eigenvalue weighted by Crippen LogP contribution is 2.43. The maximum absolute atomic E-state index is 3.42. The van der Waals surface area contributed by atoms with Crippen LogP contribution in [0.4, 0.5) is 0 Å². The average Bonchev–Trinajstić information content (AvgIpc) is 2.45. The van der Waals surface area contributed by atoms with Crippen molar-refractivity contribution in [2.75, 3.05) is 12.4 Å². The summed E-state index contributed by atoms with van der Waals surface area (Å²) in [6.45, 7) is 1.28. The number of thioether (sulfide) groups is 1. The Morgan fingerprint density at radius 3 is 2.56 bits per heavy atom. The van der Waals surface area contributed by atoms with Gasteiger partial charge in [-0.25, -0.2) is 0 Å². The minimum atomic E-state index is 0.694. The molecule has 1 aliphatic heterocycles. The van der Waals surface area contributed by atoms with Crippen LogP contribution >= 0.6 is 11.8 Å². The molecule has 1 spiro atoms. The van der Waals surface area contributed by atoms with Crippen LogP contribution < -0.4 is 5.32 Å². The summed E-state index contributed by atoms with van der Waals surface area (Å²) < 4.78 is 0.694. The molecule has 2 aliphatic rings. The third-order valence-corrected chi connectivity index (χ3v) is 3.96. The predicted molar refractivity (Wildman–Crippen MR) is 41.7 cm³/mol. The Morgan fingerprint density at radius 1 is 1.22 bits per heavy atom. The van der Waals surface area contributed by atoms with E-state index in [1.165, 1.54) is 38.1 Å². The molecule has 1 nitrogen and oxygen atoms in total. The van der Waals surface area contributed by atoms with E-state index >= 15 is 0 Å². The van der Waals surface area contributed by atoms with E-state index in [2.05, 4.69) is 17.1 Å². The second kappa shape index (κ2) is 2.17. The van der Waals surface area contributed by atoms with E-state index in [-0.39, 0.29) is 0 Å². The monoisotopic (exact) mass is 143 g/mol. The maximum Gasteiger partial charge on any atom is 0.0424 e. The SMILES string of the molecule is C1CCC2(C1)CNCS2. The number of hydrogen-bond acceptors (Lipinski definition) is 2. The predicted octanol–water partition coefficient (Wildman–Crippen LogP) is 1.59. The van der Waals surface area contributed by atoms with E-state index in [0.29, 0.717) is 4.75 Å². The van der Waals surface area contributed by atoms with Crippen LogP contribution in [0.5, 0.6) is 0 Å². The standard InChI is InChI=1S/C7H13NS/c1-2-4-7(3-1)5-8-6-9-7/h8H,1-6H2. The molecular weight excluding hydrogens is 130 g/mol. The van der Waals surface area contributed by atoms with Crippen LogP contribution in [0.1, 0.15) is 25.7 Å². The van der Waals surface area contributed by atoms with Crippen LogP contribution in [0.25, 0.3) is 0 Å². The van der Waals surface area contributed by atoms with E-state index in [1.54, 1.807) is 0 Å². The van der Waals surface area contributed by atoms with Crippen molar-refractivity contribution < 1.29 is 0 Å². The highest BCUT2D eigenvalue weighted by Gasteiger charge is 2.36. The lowest BCUT2D eigenvalue weighted by Crippen LogP contribution is -2.24. The van der Waals surface area contributed by atoms with Gasteiger partial charge >= 0.3 is 0 Å². The molecule has 0 unspecified atom stereocenters. The first-order valence-corrected chi connectivity index (χ1v) is 4.75. The zero-order chi connectivity index (χ0) is 6.16. The normalized spacial score (nSPS) is 32.0. The molecule has 1 saturated carbocycles. The van der Waals surface area contributed by atoms with Gasteiger partial charge < -0.3 is 5.32 Å². The van der Waals surface area contributed by atoms with Crippen LogP contribution in [0.3, 0.4) is 0 Å². The molecule has 2 heteroatoms. The van der Waals surface area contributed by atoms with Crippen molar-refractivity contribution in [3.8, 4) is 0 Å². The topological polar surface area (TPSA) is 12.0 Å². The molecule has 1 aliphatic carbocycles. The molecule has 0 aromatic carbocycles. The minimum absolute atomic E-state index is 0.694. The van der Waals surface area contributed by atoms with Gasteiger partial charge in [-0.05, 0) is 12.8 Å². The Balaban J connectivity index is 2.04. The molecule has 0 bridgehead atoms. The largest absolute Gasteiger partial charge is 0.306 e. The van der Waals surface area contributed by atoms with Crippen molar-refractivity contribution in [3.63, 3.8) is 0 Å². The molecule has 0 aromatic rings. The van der Waals surface area contributed by atoms with Gasteiger partial charge in [0, 0.05) is 17.2 Å². The molecule has 0 atom stereocenters. The lowest BCUT2D eigenvalue weighted by Gasteiger charge is -2.18. The first-order chi connectivity index (χ1) is 4.41. The van der Waals surface area contributed by atoms with Crippen molar-refractivity contribution >= 4 is 11.8 Å². The smallest absolute Gasteiger partial charge is 0.0424 e. The van der Waals surface area contributed by atoms with Crippen LogP contribution in [0.2, 0.25) is 0 Å². The summed E-state index contributed by atoms with van der Waals surface area (Å²) in [6, 6.07) is 0. The molecule has 9 heavy (non-hydrogen) atoms. The fraction of sp³-hybridized carbons (Fsp3) is 1.00. The Kier molecular flexibility index (Phi) is 1.46. The molecular formula is C7H13NS. The first-order valence-electron chi connectivity index (χ1n) is 3.76. The molecule has 1 N–H and O–H groups in total. The van der Waals surface area contributed by atoms with Crippen molar-refractivity contribution in [1.82, 2.24) is 5.32 Å². The minimum Gasteiger partial charge on any atom is -0.306 e. The molecule has 2 fully saturated rings. The van der Waals surface area contributed by atoms with E-state index in [9.17, 15) is 0 Å². The van der Waals surface area contributed by atoms with Crippen molar-refractivity contribution in [1.29, 1.82) is 0 Å². The molecule has 52 valence electrons. The van der Waals surface area contributed by atoms with Crippen LogP contribution in [-0.2, 0) is 0 Å². The van der Waals surface area contributed by atoms with Gasteiger partial charge in [-0.2, -0.15) is 0 Å². The highest BCUT2D eigenvalue weighted by molar-refractivity contribution is 8.00. The summed E-state index contributed by atoms with van der Waals surface area (Å²) in [5.74, 6) is 1.19. The molecule has 0 radical (unpaired) electrons. The summed E-state index contributed by atoms with van der Waals surface area (Å²) in [7, 11) is 0. The zero-order valence-electron chi connectivity index (χ0n) is 5.65. The number of rotatable bonds is 0. The number of hydrogen-bond donors (Lipinski definition) is 1. The van der Waals surface area contributed by atoms with Gasteiger partial charge in [-0.1, -0.05) is 12.8 Å². The first kappa shape index (κ1) is 6.05. The maximum atomic E-state index is 3.42. The van der Waals surface area contributed by atoms with Gasteiger partial charge in [0.25, 0.3) is 0 Å². The van der Waals surface area contributed by atoms with Gasteiger partial charge in [-0.15, -0.1) is 11.8 Å². The van der Waals surface area contributed by atoms with E-state index in [0.717, 1.165) is 0 Å². The van der Waals surface area contributed by atoms with E-state index < -0.39 is 0 Å². The molecule has 2 rings (SSSR count). The Morgan fingerprint density at radius 2 is 2.00 bits per heavy atom.